The Hall–Kier alpha value is -3.85. The molecular formula is C22H20N2O6S. The van der Waals surface area contributed by atoms with Crippen LogP contribution >= 0.6 is 0 Å². The van der Waals surface area contributed by atoms with Crippen LogP contribution in [0.2, 0.25) is 0 Å². The van der Waals surface area contributed by atoms with Gasteiger partial charge in [0.05, 0.1) is 17.6 Å². The first-order valence-corrected chi connectivity index (χ1v) is 10.6. The summed E-state index contributed by atoms with van der Waals surface area (Å²) in [7, 11) is -2.26. The number of amides is 1. The Labute approximate surface area is 179 Å². The molecule has 0 aliphatic rings. The standard InChI is InChI=1S/C22H20N2O6S/c1-29-19-11-9-17(10-12-19)23-21(25)15-30-22(26)16-7-13-20(14-8-16)31(27,28)24-18-5-3-2-4-6-18/h2-14,24H,15H2,1H3,(H,23,25). The molecule has 160 valence electrons. The number of methoxy groups -OCH3 is 1. The first-order chi connectivity index (χ1) is 14.9. The molecular weight excluding hydrogens is 420 g/mol. The average Bonchev–Trinajstić information content (AvgIpc) is 2.78. The highest BCUT2D eigenvalue weighted by Gasteiger charge is 2.16. The van der Waals surface area contributed by atoms with Crippen molar-refractivity contribution in [2.24, 2.45) is 0 Å². The SMILES string of the molecule is COc1ccc(NC(=O)COC(=O)c2ccc(S(=O)(=O)Nc3ccccc3)cc2)cc1. The molecule has 0 saturated heterocycles. The average molecular weight is 440 g/mol. The van der Waals surface area contributed by atoms with Crippen LogP contribution in [0.4, 0.5) is 11.4 Å². The zero-order chi connectivity index (χ0) is 22.3. The van der Waals surface area contributed by atoms with Crippen molar-refractivity contribution in [2.75, 3.05) is 23.8 Å². The number of ether oxygens (including phenoxy) is 2. The highest BCUT2D eigenvalue weighted by molar-refractivity contribution is 7.92. The summed E-state index contributed by atoms with van der Waals surface area (Å²) in [6, 6.07) is 20.3. The summed E-state index contributed by atoms with van der Waals surface area (Å²) in [5.74, 6) is -0.608. The van der Waals surface area contributed by atoms with Crippen LogP contribution < -0.4 is 14.8 Å². The fourth-order valence-corrected chi connectivity index (χ4v) is 3.63. The Morgan fingerprint density at radius 2 is 1.48 bits per heavy atom. The van der Waals surface area contributed by atoms with E-state index in [4.69, 9.17) is 9.47 Å². The minimum absolute atomic E-state index is 0.00912. The molecule has 9 heteroatoms. The van der Waals surface area contributed by atoms with Crippen molar-refractivity contribution in [1.82, 2.24) is 0 Å². The summed E-state index contributed by atoms with van der Waals surface area (Å²) in [5.41, 5.74) is 1.08. The second-order valence-electron chi connectivity index (χ2n) is 6.35. The monoisotopic (exact) mass is 440 g/mol. The van der Waals surface area contributed by atoms with Crippen molar-refractivity contribution in [2.45, 2.75) is 4.90 Å². The van der Waals surface area contributed by atoms with Crippen LogP contribution in [0.1, 0.15) is 10.4 Å². The molecule has 0 unspecified atom stereocenters. The summed E-state index contributed by atoms with van der Waals surface area (Å²) in [5, 5.41) is 2.59. The van der Waals surface area contributed by atoms with Gasteiger partial charge < -0.3 is 14.8 Å². The van der Waals surface area contributed by atoms with Gasteiger partial charge in [0.15, 0.2) is 6.61 Å². The maximum atomic E-state index is 12.4. The van der Waals surface area contributed by atoms with E-state index in [0.717, 1.165) is 0 Å². The Balaban J connectivity index is 1.55. The summed E-state index contributed by atoms with van der Waals surface area (Å²) in [6.45, 7) is -0.486. The van der Waals surface area contributed by atoms with Crippen LogP contribution in [0.3, 0.4) is 0 Å². The number of carbonyl (C=O) groups excluding carboxylic acids is 2. The predicted molar refractivity (Wildman–Crippen MR) is 116 cm³/mol. The topological polar surface area (TPSA) is 111 Å². The molecule has 0 atom stereocenters. The maximum Gasteiger partial charge on any atom is 0.338 e. The van der Waals surface area contributed by atoms with E-state index in [2.05, 4.69) is 10.0 Å². The molecule has 1 amide bonds. The first-order valence-electron chi connectivity index (χ1n) is 9.16. The molecule has 0 spiro atoms. The molecule has 0 heterocycles. The van der Waals surface area contributed by atoms with Gasteiger partial charge in [-0.3, -0.25) is 9.52 Å². The van der Waals surface area contributed by atoms with Crippen molar-refractivity contribution >= 4 is 33.3 Å². The lowest BCUT2D eigenvalue weighted by Gasteiger charge is -2.09. The molecule has 0 bridgehead atoms. The van der Waals surface area contributed by atoms with Crippen LogP contribution in [-0.4, -0.2) is 34.0 Å². The molecule has 0 aliphatic carbocycles. The van der Waals surface area contributed by atoms with E-state index in [1.165, 1.54) is 31.4 Å². The third-order valence-electron chi connectivity index (χ3n) is 4.13. The fourth-order valence-electron chi connectivity index (χ4n) is 2.58. The van der Waals surface area contributed by atoms with Crippen LogP contribution in [0.5, 0.6) is 5.75 Å². The van der Waals surface area contributed by atoms with Gasteiger partial charge in [0.2, 0.25) is 0 Å². The van der Waals surface area contributed by atoms with Gasteiger partial charge in [0.25, 0.3) is 15.9 Å². The molecule has 8 nitrogen and oxygen atoms in total. The van der Waals surface area contributed by atoms with Gasteiger partial charge in [0.1, 0.15) is 5.75 Å². The van der Waals surface area contributed by atoms with E-state index in [9.17, 15) is 18.0 Å². The van der Waals surface area contributed by atoms with Crippen molar-refractivity contribution in [3.63, 3.8) is 0 Å². The maximum absolute atomic E-state index is 12.4. The number of anilines is 2. The van der Waals surface area contributed by atoms with Crippen molar-refractivity contribution in [3.8, 4) is 5.75 Å². The van der Waals surface area contributed by atoms with Gasteiger partial charge in [-0.25, -0.2) is 13.2 Å². The summed E-state index contributed by atoms with van der Waals surface area (Å²) < 4.78 is 37.3. The zero-order valence-corrected chi connectivity index (χ0v) is 17.4. The summed E-state index contributed by atoms with van der Waals surface area (Å²) in [4.78, 5) is 24.1. The number of rotatable bonds is 8. The number of sulfonamides is 1. The Morgan fingerprint density at radius 3 is 2.10 bits per heavy atom. The van der Waals surface area contributed by atoms with Crippen molar-refractivity contribution < 1.29 is 27.5 Å². The smallest absolute Gasteiger partial charge is 0.338 e. The third kappa shape index (κ3) is 6.06. The van der Waals surface area contributed by atoms with E-state index in [0.29, 0.717) is 17.1 Å². The molecule has 0 saturated carbocycles. The lowest BCUT2D eigenvalue weighted by atomic mass is 10.2. The number of benzene rings is 3. The second kappa shape index (κ2) is 9.77. The van der Waals surface area contributed by atoms with Crippen LogP contribution in [-0.2, 0) is 19.6 Å². The van der Waals surface area contributed by atoms with Gasteiger partial charge in [-0.05, 0) is 60.7 Å². The van der Waals surface area contributed by atoms with E-state index in [-0.39, 0.29) is 10.5 Å². The van der Waals surface area contributed by atoms with Gasteiger partial charge in [-0.1, -0.05) is 18.2 Å². The van der Waals surface area contributed by atoms with Crippen molar-refractivity contribution in [3.05, 3.63) is 84.4 Å². The molecule has 2 N–H and O–H groups in total. The van der Waals surface area contributed by atoms with E-state index >= 15 is 0 Å². The largest absolute Gasteiger partial charge is 0.497 e. The Morgan fingerprint density at radius 1 is 0.839 bits per heavy atom. The van der Waals surface area contributed by atoms with Crippen LogP contribution in [0.25, 0.3) is 0 Å². The molecule has 3 aromatic carbocycles. The molecule has 3 rings (SSSR count). The number of para-hydroxylation sites is 1. The van der Waals surface area contributed by atoms with Crippen LogP contribution in [0.15, 0.2) is 83.8 Å². The zero-order valence-electron chi connectivity index (χ0n) is 16.6. The second-order valence-corrected chi connectivity index (χ2v) is 8.03. The molecule has 0 aliphatic heterocycles. The first kappa shape index (κ1) is 21.8. The molecule has 0 aromatic heterocycles. The minimum Gasteiger partial charge on any atom is -0.497 e. The van der Waals surface area contributed by atoms with E-state index < -0.39 is 28.5 Å². The molecule has 0 radical (unpaired) electrons. The third-order valence-corrected chi connectivity index (χ3v) is 5.53. The van der Waals surface area contributed by atoms with Gasteiger partial charge in [0, 0.05) is 11.4 Å². The van der Waals surface area contributed by atoms with E-state index in [1.807, 2.05) is 0 Å². The molecule has 3 aromatic rings. The van der Waals surface area contributed by atoms with Gasteiger partial charge in [-0.2, -0.15) is 0 Å². The predicted octanol–water partition coefficient (Wildman–Crippen LogP) is 3.29. The number of hydrogen-bond acceptors (Lipinski definition) is 6. The number of esters is 1. The normalized spacial score (nSPS) is 10.7. The number of nitrogens with one attached hydrogen (secondary N) is 2. The van der Waals surface area contributed by atoms with Crippen LogP contribution in [0, 0.1) is 0 Å². The van der Waals surface area contributed by atoms with Gasteiger partial charge in [-0.15, -0.1) is 0 Å². The highest BCUT2D eigenvalue weighted by Crippen LogP contribution is 2.17. The quantitative estimate of drug-likeness (QED) is 0.520. The fraction of sp³-hybridized carbons (Fsp3) is 0.0909. The number of hydrogen-bond donors (Lipinski definition) is 2. The number of carbonyl (C=O) groups is 2. The molecule has 0 fully saturated rings. The van der Waals surface area contributed by atoms with Crippen molar-refractivity contribution in [1.29, 1.82) is 0 Å². The highest BCUT2D eigenvalue weighted by atomic mass is 32.2. The summed E-state index contributed by atoms with van der Waals surface area (Å²) in [6.07, 6.45) is 0. The summed E-state index contributed by atoms with van der Waals surface area (Å²) >= 11 is 0. The molecule has 31 heavy (non-hydrogen) atoms. The lowest BCUT2D eigenvalue weighted by Crippen LogP contribution is -2.21. The van der Waals surface area contributed by atoms with Gasteiger partial charge >= 0.3 is 5.97 Å². The van der Waals surface area contributed by atoms with E-state index in [1.54, 1.807) is 54.6 Å². The Bertz CT molecular complexity index is 1140. The lowest BCUT2D eigenvalue weighted by molar-refractivity contribution is -0.119. The minimum atomic E-state index is -3.80. The Kier molecular flexibility index (Phi) is 6.88.